The van der Waals surface area contributed by atoms with Crippen LogP contribution in [0.3, 0.4) is 0 Å². The SMILES string of the molecule is COC1CN(C2(CN)CCCOC2)CC1OC. The summed E-state index contributed by atoms with van der Waals surface area (Å²) in [4.78, 5) is 2.40. The molecule has 0 aromatic carbocycles. The molecule has 5 heteroatoms. The Hall–Kier alpha value is -0.200. The second-order valence-corrected chi connectivity index (χ2v) is 5.04. The number of hydrogen-bond donors (Lipinski definition) is 1. The van der Waals surface area contributed by atoms with E-state index in [1.54, 1.807) is 14.2 Å². The van der Waals surface area contributed by atoms with Crippen LogP contribution in [0.1, 0.15) is 12.8 Å². The van der Waals surface area contributed by atoms with Crippen LogP contribution in [0.4, 0.5) is 0 Å². The van der Waals surface area contributed by atoms with E-state index < -0.39 is 0 Å². The molecule has 2 fully saturated rings. The molecule has 3 atom stereocenters. The number of rotatable bonds is 4. The molecule has 2 aliphatic rings. The molecule has 0 aromatic heterocycles. The second-order valence-electron chi connectivity index (χ2n) is 5.04. The molecule has 0 spiro atoms. The molecule has 0 aliphatic carbocycles. The first-order valence-corrected chi connectivity index (χ1v) is 6.34. The number of nitrogens with two attached hydrogens (primary N) is 1. The van der Waals surface area contributed by atoms with Crippen LogP contribution in [0.5, 0.6) is 0 Å². The smallest absolute Gasteiger partial charge is 0.0972 e. The minimum absolute atomic E-state index is 0.0116. The van der Waals surface area contributed by atoms with Gasteiger partial charge in [-0.25, -0.2) is 0 Å². The van der Waals surface area contributed by atoms with Gasteiger partial charge in [0.15, 0.2) is 0 Å². The van der Waals surface area contributed by atoms with E-state index in [0.29, 0.717) is 6.54 Å². The highest BCUT2D eigenvalue weighted by Gasteiger charge is 2.45. The van der Waals surface area contributed by atoms with Crippen molar-refractivity contribution in [1.82, 2.24) is 4.90 Å². The van der Waals surface area contributed by atoms with E-state index >= 15 is 0 Å². The lowest BCUT2D eigenvalue weighted by Crippen LogP contribution is -2.58. The van der Waals surface area contributed by atoms with Gasteiger partial charge in [0.05, 0.1) is 24.4 Å². The third-order valence-corrected chi connectivity index (χ3v) is 4.17. The van der Waals surface area contributed by atoms with E-state index in [1.807, 2.05) is 0 Å². The minimum Gasteiger partial charge on any atom is -0.379 e. The third kappa shape index (κ3) is 2.48. The molecule has 0 aromatic rings. The van der Waals surface area contributed by atoms with Gasteiger partial charge < -0.3 is 19.9 Å². The monoisotopic (exact) mass is 244 g/mol. The van der Waals surface area contributed by atoms with E-state index in [-0.39, 0.29) is 17.7 Å². The van der Waals surface area contributed by atoms with E-state index in [1.165, 1.54) is 0 Å². The normalized spacial score (nSPS) is 39.7. The molecule has 3 unspecified atom stereocenters. The average molecular weight is 244 g/mol. The van der Waals surface area contributed by atoms with E-state index in [0.717, 1.165) is 39.1 Å². The fraction of sp³-hybridized carbons (Fsp3) is 1.00. The van der Waals surface area contributed by atoms with Crippen LogP contribution in [-0.4, -0.2) is 69.7 Å². The van der Waals surface area contributed by atoms with Gasteiger partial charge in [0.1, 0.15) is 0 Å². The molecule has 2 aliphatic heterocycles. The number of methoxy groups -OCH3 is 2. The van der Waals surface area contributed by atoms with Crippen molar-refractivity contribution in [3.05, 3.63) is 0 Å². The van der Waals surface area contributed by atoms with Crippen molar-refractivity contribution < 1.29 is 14.2 Å². The van der Waals surface area contributed by atoms with Crippen LogP contribution < -0.4 is 5.73 Å². The van der Waals surface area contributed by atoms with Gasteiger partial charge in [0, 0.05) is 40.5 Å². The Balaban J connectivity index is 2.05. The van der Waals surface area contributed by atoms with Crippen molar-refractivity contribution in [3.8, 4) is 0 Å². The Morgan fingerprint density at radius 1 is 1.29 bits per heavy atom. The summed E-state index contributed by atoms with van der Waals surface area (Å²) in [6.07, 6.45) is 2.48. The van der Waals surface area contributed by atoms with Gasteiger partial charge in [0.2, 0.25) is 0 Å². The van der Waals surface area contributed by atoms with Crippen molar-refractivity contribution >= 4 is 0 Å². The zero-order valence-corrected chi connectivity index (χ0v) is 10.9. The average Bonchev–Trinajstić information content (AvgIpc) is 2.83. The van der Waals surface area contributed by atoms with E-state index in [9.17, 15) is 0 Å². The fourth-order valence-electron chi connectivity index (χ4n) is 2.96. The lowest BCUT2D eigenvalue weighted by molar-refractivity contribution is -0.0416. The zero-order chi connectivity index (χ0) is 12.3. The molecule has 2 N–H and O–H groups in total. The standard InChI is InChI=1S/C12H24N2O3/c1-15-10-6-14(7-11(10)16-2)12(8-13)4-3-5-17-9-12/h10-11H,3-9,13H2,1-2H3. The highest BCUT2D eigenvalue weighted by molar-refractivity contribution is 5.00. The van der Waals surface area contributed by atoms with Crippen LogP contribution in [0.15, 0.2) is 0 Å². The van der Waals surface area contributed by atoms with Crippen molar-refractivity contribution in [1.29, 1.82) is 0 Å². The first kappa shape index (κ1) is 13.2. The maximum absolute atomic E-state index is 5.99. The van der Waals surface area contributed by atoms with Crippen LogP contribution in [-0.2, 0) is 14.2 Å². The molecule has 0 saturated carbocycles. The van der Waals surface area contributed by atoms with Gasteiger partial charge >= 0.3 is 0 Å². The van der Waals surface area contributed by atoms with Crippen molar-refractivity contribution in [2.75, 3.05) is 47.1 Å². The second kappa shape index (κ2) is 5.63. The highest BCUT2D eigenvalue weighted by Crippen LogP contribution is 2.30. The lowest BCUT2D eigenvalue weighted by atomic mass is 9.91. The summed E-state index contributed by atoms with van der Waals surface area (Å²) >= 11 is 0. The molecule has 0 amide bonds. The number of hydrogen-bond acceptors (Lipinski definition) is 5. The third-order valence-electron chi connectivity index (χ3n) is 4.17. The van der Waals surface area contributed by atoms with E-state index in [4.69, 9.17) is 19.9 Å². The van der Waals surface area contributed by atoms with Gasteiger partial charge in [-0.15, -0.1) is 0 Å². The topological polar surface area (TPSA) is 57.0 Å². The van der Waals surface area contributed by atoms with Crippen LogP contribution in [0.2, 0.25) is 0 Å². The molecule has 2 saturated heterocycles. The van der Waals surface area contributed by atoms with Gasteiger partial charge in [-0.2, -0.15) is 0 Å². The van der Waals surface area contributed by atoms with Crippen molar-refractivity contribution in [3.63, 3.8) is 0 Å². The molecule has 100 valence electrons. The van der Waals surface area contributed by atoms with Crippen LogP contribution in [0.25, 0.3) is 0 Å². The van der Waals surface area contributed by atoms with Gasteiger partial charge in [-0.05, 0) is 12.8 Å². The molecular formula is C12H24N2O3. The molecule has 0 bridgehead atoms. The zero-order valence-electron chi connectivity index (χ0n) is 10.9. The summed E-state index contributed by atoms with van der Waals surface area (Å²) in [5, 5.41) is 0. The predicted molar refractivity (Wildman–Crippen MR) is 65.0 cm³/mol. The number of nitrogens with zero attached hydrogens (tertiary/aromatic N) is 1. The van der Waals surface area contributed by atoms with E-state index in [2.05, 4.69) is 4.90 Å². The Kier molecular flexibility index (Phi) is 4.38. The maximum Gasteiger partial charge on any atom is 0.0972 e. The molecule has 5 nitrogen and oxygen atoms in total. The summed E-state index contributed by atoms with van der Waals surface area (Å²) in [5.41, 5.74) is 5.98. The van der Waals surface area contributed by atoms with Crippen LogP contribution in [0, 0.1) is 0 Å². The minimum atomic E-state index is -0.0116. The molecule has 0 radical (unpaired) electrons. The number of ether oxygens (including phenoxy) is 3. The quantitative estimate of drug-likeness (QED) is 0.745. The number of likely N-dealkylation sites (tertiary alicyclic amines) is 1. The summed E-state index contributed by atoms with van der Waals surface area (Å²) in [6, 6.07) is 0. The fourth-order valence-corrected chi connectivity index (χ4v) is 2.96. The van der Waals surface area contributed by atoms with Crippen LogP contribution >= 0.6 is 0 Å². The Morgan fingerprint density at radius 2 is 1.94 bits per heavy atom. The largest absolute Gasteiger partial charge is 0.379 e. The van der Waals surface area contributed by atoms with Crippen molar-refractivity contribution in [2.45, 2.75) is 30.6 Å². The molecule has 2 rings (SSSR count). The van der Waals surface area contributed by atoms with Crippen molar-refractivity contribution in [2.24, 2.45) is 5.73 Å². The summed E-state index contributed by atoms with van der Waals surface area (Å²) in [7, 11) is 3.49. The highest BCUT2D eigenvalue weighted by atomic mass is 16.5. The summed E-state index contributed by atoms with van der Waals surface area (Å²) in [5.74, 6) is 0. The molecular weight excluding hydrogens is 220 g/mol. The molecule has 2 heterocycles. The first-order chi connectivity index (χ1) is 8.25. The Morgan fingerprint density at radius 3 is 2.35 bits per heavy atom. The summed E-state index contributed by atoms with van der Waals surface area (Å²) < 4.78 is 16.6. The van der Waals surface area contributed by atoms with Gasteiger partial charge in [-0.3, -0.25) is 4.90 Å². The lowest BCUT2D eigenvalue weighted by Gasteiger charge is -2.43. The molecule has 17 heavy (non-hydrogen) atoms. The summed E-state index contributed by atoms with van der Waals surface area (Å²) in [6.45, 7) is 4.00. The van der Waals surface area contributed by atoms with Gasteiger partial charge in [-0.1, -0.05) is 0 Å². The first-order valence-electron chi connectivity index (χ1n) is 6.34. The predicted octanol–water partition coefficient (Wildman–Crippen LogP) is -0.160. The van der Waals surface area contributed by atoms with Gasteiger partial charge in [0.25, 0.3) is 0 Å². The maximum atomic E-state index is 5.99. The Labute approximate surface area is 103 Å². The Bertz CT molecular complexity index is 232.